The van der Waals surface area contributed by atoms with Gasteiger partial charge in [-0.2, -0.15) is 0 Å². The predicted octanol–water partition coefficient (Wildman–Crippen LogP) is 3.43. The first-order valence-corrected chi connectivity index (χ1v) is 8.29. The Morgan fingerprint density at radius 1 is 1.05 bits per heavy atom. The third-order valence-corrected chi connectivity index (χ3v) is 5.10. The monoisotopic (exact) mass is 329 g/mol. The highest BCUT2D eigenvalue weighted by atomic mass is 35.5. The molecule has 2 aromatic carbocycles. The van der Waals surface area contributed by atoms with Crippen molar-refractivity contribution in [1.82, 2.24) is 0 Å². The summed E-state index contributed by atoms with van der Waals surface area (Å²) < 4.78 is 24.6. The average molecular weight is 330 g/mol. The van der Waals surface area contributed by atoms with Gasteiger partial charge in [-0.25, -0.2) is 8.42 Å². The third kappa shape index (κ3) is 3.52. The molecule has 0 unspecified atom stereocenters. The van der Waals surface area contributed by atoms with Crippen molar-refractivity contribution in [2.45, 2.75) is 17.2 Å². The van der Waals surface area contributed by atoms with Gasteiger partial charge in [0, 0.05) is 16.6 Å². The van der Waals surface area contributed by atoms with Gasteiger partial charge in [0.25, 0.3) is 0 Å². The molecule has 0 amide bonds. The molecule has 6 heteroatoms. The molecule has 0 heterocycles. The lowest BCUT2D eigenvalue weighted by molar-refractivity contribution is 0.595. The Kier molecular flexibility index (Phi) is 4.70. The molecular formula is C14H13Cl2NO2S. The lowest BCUT2D eigenvalue weighted by Crippen LogP contribution is -2.06. The van der Waals surface area contributed by atoms with E-state index in [2.05, 4.69) is 0 Å². The van der Waals surface area contributed by atoms with Gasteiger partial charge in [0.2, 0.25) is 0 Å². The van der Waals surface area contributed by atoms with Gasteiger partial charge in [-0.05, 0) is 35.4 Å². The van der Waals surface area contributed by atoms with Crippen LogP contribution in [0.15, 0.2) is 47.4 Å². The van der Waals surface area contributed by atoms with Crippen LogP contribution in [0.3, 0.4) is 0 Å². The van der Waals surface area contributed by atoms with Gasteiger partial charge in [-0.3, -0.25) is 0 Å². The Morgan fingerprint density at radius 2 is 1.80 bits per heavy atom. The molecule has 0 radical (unpaired) electrons. The molecule has 0 saturated heterocycles. The molecule has 20 heavy (non-hydrogen) atoms. The average Bonchev–Trinajstić information content (AvgIpc) is 2.41. The Balaban J connectivity index is 2.33. The smallest absolute Gasteiger partial charge is 0.182 e. The maximum Gasteiger partial charge on any atom is 0.182 e. The van der Waals surface area contributed by atoms with E-state index in [4.69, 9.17) is 28.9 Å². The molecule has 0 spiro atoms. The van der Waals surface area contributed by atoms with Gasteiger partial charge in [0.05, 0.1) is 10.6 Å². The van der Waals surface area contributed by atoms with Crippen molar-refractivity contribution in [1.29, 1.82) is 0 Å². The SMILES string of the molecule is NCc1ccc(CS(=O)(=O)c2cccc(Cl)c2)c(Cl)c1. The van der Waals surface area contributed by atoms with E-state index in [1.165, 1.54) is 12.1 Å². The van der Waals surface area contributed by atoms with E-state index >= 15 is 0 Å². The normalized spacial score (nSPS) is 11.6. The lowest BCUT2D eigenvalue weighted by Gasteiger charge is -2.08. The summed E-state index contributed by atoms with van der Waals surface area (Å²) in [6, 6.07) is 11.3. The molecule has 2 rings (SSSR count). The Labute approximate surface area is 128 Å². The molecule has 106 valence electrons. The maximum absolute atomic E-state index is 12.3. The molecule has 0 saturated carbocycles. The van der Waals surface area contributed by atoms with Crippen molar-refractivity contribution >= 4 is 33.0 Å². The molecule has 0 bridgehead atoms. The number of nitrogens with two attached hydrogens (primary N) is 1. The fourth-order valence-corrected chi connectivity index (χ4v) is 3.81. The van der Waals surface area contributed by atoms with Gasteiger partial charge in [-0.1, -0.05) is 41.4 Å². The van der Waals surface area contributed by atoms with Crippen LogP contribution in [0.2, 0.25) is 10.0 Å². The number of rotatable bonds is 4. The number of halogens is 2. The summed E-state index contributed by atoms with van der Waals surface area (Å²) in [6.07, 6.45) is 0. The second kappa shape index (κ2) is 6.14. The van der Waals surface area contributed by atoms with Gasteiger partial charge in [0.15, 0.2) is 9.84 Å². The number of hydrogen-bond donors (Lipinski definition) is 1. The molecule has 0 aromatic heterocycles. The Hall–Kier alpha value is -1.07. The van der Waals surface area contributed by atoms with Crippen LogP contribution in [0.5, 0.6) is 0 Å². The molecule has 0 aliphatic rings. The van der Waals surface area contributed by atoms with E-state index in [0.29, 0.717) is 22.2 Å². The van der Waals surface area contributed by atoms with Crippen LogP contribution < -0.4 is 5.73 Å². The minimum atomic E-state index is -3.48. The van der Waals surface area contributed by atoms with Gasteiger partial charge in [-0.15, -0.1) is 0 Å². The van der Waals surface area contributed by atoms with Crippen molar-refractivity contribution in [2.75, 3.05) is 0 Å². The molecule has 0 aliphatic carbocycles. The van der Waals surface area contributed by atoms with E-state index < -0.39 is 9.84 Å². The topological polar surface area (TPSA) is 60.2 Å². The quantitative estimate of drug-likeness (QED) is 0.934. The summed E-state index contributed by atoms with van der Waals surface area (Å²) in [5.74, 6) is -0.170. The fraction of sp³-hybridized carbons (Fsp3) is 0.143. The molecular weight excluding hydrogens is 317 g/mol. The minimum absolute atomic E-state index is 0.170. The highest BCUT2D eigenvalue weighted by molar-refractivity contribution is 7.90. The first-order valence-electron chi connectivity index (χ1n) is 5.88. The highest BCUT2D eigenvalue weighted by Crippen LogP contribution is 2.24. The number of sulfone groups is 1. The van der Waals surface area contributed by atoms with E-state index in [1.807, 2.05) is 0 Å². The van der Waals surface area contributed by atoms with Crippen molar-refractivity contribution < 1.29 is 8.42 Å². The van der Waals surface area contributed by atoms with Gasteiger partial charge in [0.1, 0.15) is 0 Å². The maximum atomic E-state index is 12.3. The molecule has 3 nitrogen and oxygen atoms in total. The van der Waals surface area contributed by atoms with Crippen LogP contribution in [0, 0.1) is 0 Å². The predicted molar refractivity (Wildman–Crippen MR) is 81.7 cm³/mol. The van der Waals surface area contributed by atoms with Crippen molar-refractivity contribution in [3.05, 3.63) is 63.6 Å². The van der Waals surface area contributed by atoms with Crippen molar-refractivity contribution in [3.63, 3.8) is 0 Å². The molecule has 0 atom stereocenters. The van der Waals surface area contributed by atoms with Crippen LogP contribution in [0.4, 0.5) is 0 Å². The summed E-state index contributed by atoms with van der Waals surface area (Å²) in [4.78, 5) is 0.184. The summed E-state index contributed by atoms with van der Waals surface area (Å²) in [7, 11) is -3.48. The van der Waals surface area contributed by atoms with E-state index in [0.717, 1.165) is 5.56 Å². The zero-order chi connectivity index (χ0) is 14.8. The second-order valence-electron chi connectivity index (χ2n) is 4.35. The zero-order valence-electron chi connectivity index (χ0n) is 10.5. The zero-order valence-corrected chi connectivity index (χ0v) is 12.8. The van der Waals surface area contributed by atoms with E-state index in [9.17, 15) is 8.42 Å². The Bertz CT molecular complexity index is 730. The Morgan fingerprint density at radius 3 is 2.40 bits per heavy atom. The summed E-state index contributed by atoms with van der Waals surface area (Å²) in [6.45, 7) is 0.362. The number of hydrogen-bond acceptors (Lipinski definition) is 3. The third-order valence-electron chi connectivity index (χ3n) is 2.85. The molecule has 0 aliphatic heterocycles. The van der Waals surface area contributed by atoms with Crippen molar-refractivity contribution in [2.24, 2.45) is 5.73 Å². The van der Waals surface area contributed by atoms with E-state index in [1.54, 1.807) is 30.3 Å². The summed E-state index contributed by atoms with van der Waals surface area (Å²) >= 11 is 11.9. The van der Waals surface area contributed by atoms with Crippen LogP contribution in [-0.4, -0.2) is 8.42 Å². The van der Waals surface area contributed by atoms with Crippen molar-refractivity contribution in [3.8, 4) is 0 Å². The van der Waals surface area contributed by atoms with E-state index in [-0.39, 0.29) is 10.6 Å². The first-order chi connectivity index (χ1) is 9.42. The summed E-state index contributed by atoms with van der Waals surface area (Å²) in [5.41, 5.74) is 6.92. The van der Waals surface area contributed by atoms with Crippen LogP contribution >= 0.6 is 23.2 Å². The fourth-order valence-electron chi connectivity index (χ4n) is 1.78. The highest BCUT2D eigenvalue weighted by Gasteiger charge is 2.17. The van der Waals surface area contributed by atoms with Gasteiger partial charge < -0.3 is 5.73 Å². The lowest BCUT2D eigenvalue weighted by atomic mass is 10.1. The second-order valence-corrected chi connectivity index (χ2v) is 7.18. The molecule has 2 N–H and O–H groups in total. The van der Waals surface area contributed by atoms with Crippen LogP contribution in [0.1, 0.15) is 11.1 Å². The first kappa shape index (κ1) is 15.3. The molecule has 0 fully saturated rings. The number of benzene rings is 2. The minimum Gasteiger partial charge on any atom is -0.326 e. The van der Waals surface area contributed by atoms with Gasteiger partial charge >= 0.3 is 0 Å². The van der Waals surface area contributed by atoms with Crippen LogP contribution in [-0.2, 0) is 22.1 Å². The standard InChI is InChI=1S/C14H13Cl2NO2S/c15-12-2-1-3-13(7-12)20(18,19)9-11-5-4-10(8-17)6-14(11)16/h1-7H,8-9,17H2. The largest absolute Gasteiger partial charge is 0.326 e. The summed E-state index contributed by atoms with van der Waals surface area (Å²) in [5, 5.41) is 0.786. The van der Waals surface area contributed by atoms with Crippen LogP contribution in [0.25, 0.3) is 0 Å². The molecule has 2 aromatic rings.